The minimum absolute atomic E-state index is 0.0677. The molecule has 124 valence electrons. The van der Waals surface area contributed by atoms with Crippen molar-refractivity contribution in [2.75, 3.05) is 20.3 Å². The second-order valence-corrected chi connectivity index (χ2v) is 7.06. The smallest absolute Gasteiger partial charge is 0.307 e. The quantitative estimate of drug-likeness (QED) is 0.719. The number of nitrogens with one attached hydrogen (secondary N) is 1. The number of carbonyl (C=O) groups is 1. The van der Waals surface area contributed by atoms with Gasteiger partial charge in [0.2, 0.25) is 10.0 Å². The lowest BCUT2D eigenvalue weighted by atomic mass is 9.96. The average Bonchev–Trinajstić information content (AvgIpc) is 3.07. The molecule has 0 aromatic carbocycles. The molecule has 0 spiro atoms. The van der Waals surface area contributed by atoms with Gasteiger partial charge in [0.1, 0.15) is 17.2 Å². The first kappa shape index (κ1) is 16.9. The zero-order valence-corrected chi connectivity index (χ0v) is 13.4. The topological polar surface area (TPSA) is 108 Å². The number of hydrogen-bond acceptors (Lipinski definition) is 7. The Labute approximate surface area is 129 Å². The van der Waals surface area contributed by atoms with Crippen LogP contribution in [0.3, 0.4) is 0 Å². The second kappa shape index (κ2) is 6.76. The highest BCUT2D eigenvalue weighted by Crippen LogP contribution is 2.25. The second-order valence-electron chi connectivity index (χ2n) is 5.34. The van der Waals surface area contributed by atoms with Crippen molar-refractivity contribution in [3.8, 4) is 0 Å². The first-order chi connectivity index (χ1) is 10.4. The summed E-state index contributed by atoms with van der Waals surface area (Å²) in [5.41, 5.74) is -0.625. The van der Waals surface area contributed by atoms with Gasteiger partial charge in [-0.2, -0.15) is 0 Å². The van der Waals surface area contributed by atoms with E-state index in [1.165, 1.54) is 7.11 Å². The molecule has 1 saturated heterocycles. The molecule has 2 heterocycles. The molecule has 0 amide bonds. The molecule has 8 nitrogen and oxygen atoms in total. The van der Waals surface area contributed by atoms with E-state index in [9.17, 15) is 13.2 Å². The molecule has 1 aromatic rings. The molecule has 1 N–H and O–H groups in total. The Morgan fingerprint density at radius 2 is 2.32 bits per heavy atom. The van der Waals surface area contributed by atoms with Crippen molar-refractivity contribution in [2.45, 2.75) is 37.5 Å². The number of aromatic nitrogens is 1. The van der Waals surface area contributed by atoms with Crippen LogP contribution < -0.4 is 4.72 Å². The molecule has 1 fully saturated rings. The van der Waals surface area contributed by atoms with E-state index in [2.05, 4.69) is 14.6 Å². The summed E-state index contributed by atoms with van der Waals surface area (Å²) in [4.78, 5) is 11.5. The molecule has 1 unspecified atom stereocenters. The minimum Gasteiger partial charge on any atom is -0.469 e. The third-order valence-corrected chi connectivity index (χ3v) is 4.90. The number of ether oxygens (including phenoxy) is 2. The molecule has 1 aliphatic heterocycles. The van der Waals surface area contributed by atoms with E-state index in [4.69, 9.17) is 9.26 Å². The summed E-state index contributed by atoms with van der Waals surface area (Å²) in [6.45, 7) is 2.42. The summed E-state index contributed by atoms with van der Waals surface area (Å²) in [6, 6.07) is 1.61. The van der Waals surface area contributed by atoms with Crippen LogP contribution in [0.1, 0.15) is 31.2 Å². The molecule has 1 aliphatic rings. The maximum atomic E-state index is 12.3. The molecule has 22 heavy (non-hydrogen) atoms. The van der Waals surface area contributed by atoms with E-state index in [1.807, 2.05) is 6.92 Å². The monoisotopic (exact) mass is 332 g/mol. The summed E-state index contributed by atoms with van der Waals surface area (Å²) >= 11 is 0. The van der Waals surface area contributed by atoms with E-state index in [0.717, 1.165) is 0 Å². The van der Waals surface area contributed by atoms with Crippen LogP contribution in [0.4, 0.5) is 0 Å². The van der Waals surface area contributed by atoms with Gasteiger partial charge in [-0.15, -0.1) is 0 Å². The lowest BCUT2D eigenvalue weighted by molar-refractivity contribution is -0.142. The SMILES string of the molecule is CCc1cc(CS(=O)(=O)NC2(CC(=O)OC)CCOC2)no1. The predicted octanol–water partition coefficient (Wildman–Crippen LogP) is 0.379. The van der Waals surface area contributed by atoms with Crippen LogP contribution in [0.2, 0.25) is 0 Å². The van der Waals surface area contributed by atoms with Gasteiger partial charge >= 0.3 is 5.97 Å². The van der Waals surface area contributed by atoms with Crippen LogP contribution in [-0.2, 0) is 36.5 Å². The fourth-order valence-electron chi connectivity index (χ4n) is 2.36. The van der Waals surface area contributed by atoms with Gasteiger partial charge in [0.05, 0.1) is 25.7 Å². The van der Waals surface area contributed by atoms with Crippen molar-refractivity contribution in [1.29, 1.82) is 0 Å². The van der Waals surface area contributed by atoms with Crippen LogP contribution in [-0.4, -0.2) is 45.4 Å². The molecule has 1 aromatic heterocycles. The lowest BCUT2D eigenvalue weighted by Gasteiger charge is -2.26. The molecule has 0 radical (unpaired) electrons. The molecule has 0 bridgehead atoms. The number of sulfonamides is 1. The minimum atomic E-state index is -3.69. The van der Waals surface area contributed by atoms with Gasteiger partial charge in [-0.05, 0) is 6.42 Å². The molecule has 2 rings (SSSR count). The van der Waals surface area contributed by atoms with Crippen molar-refractivity contribution in [1.82, 2.24) is 9.88 Å². The normalized spacial score (nSPS) is 21.9. The van der Waals surface area contributed by atoms with Gasteiger partial charge in [-0.1, -0.05) is 12.1 Å². The maximum absolute atomic E-state index is 12.3. The number of methoxy groups -OCH3 is 1. The molecular weight excluding hydrogens is 312 g/mol. The maximum Gasteiger partial charge on any atom is 0.307 e. The molecular formula is C13H20N2O6S. The molecule has 9 heteroatoms. The van der Waals surface area contributed by atoms with Gasteiger partial charge in [0.25, 0.3) is 0 Å². The van der Waals surface area contributed by atoms with Gasteiger partial charge in [-0.25, -0.2) is 13.1 Å². The van der Waals surface area contributed by atoms with Crippen LogP contribution in [0, 0.1) is 0 Å². The third-order valence-electron chi connectivity index (χ3n) is 3.48. The van der Waals surface area contributed by atoms with Crippen LogP contribution in [0.5, 0.6) is 0 Å². The summed E-state index contributed by atoms with van der Waals surface area (Å²) in [6.07, 6.45) is 0.989. The first-order valence-corrected chi connectivity index (χ1v) is 8.64. The van der Waals surface area contributed by atoms with E-state index in [1.54, 1.807) is 6.07 Å². The highest BCUT2D eigenvalue weighted by molar-refractivity contribution is 7.88. The molecule has 1 atom stereocenters. The summed E-state index contributed by atoms with van der Waals surface area (Å²) in [5, 5.41) is 3.73. The number of aryl methyl sites for hydroxylation is 1. The van der Waals surface area contributed by atoms with E-state index in [0.29, 0.717) is 30.9 Å². The van der Waals surface area contributed by atoms with E-state index in [-0.39, 0.29) is 18.8 Å². The van der Waals surface area contributed by atoms with Gasteiger partial charge < -0.3 is 14.0 Å². The lowest BCUT2D eigenvalue weighted by Crippen LogP contribution is -2.50. The highest BCUT2D eigenvalue weighted by atomic mass is 32.2. The van der Waals surface area contributed by atoms with Crippen molar-refractivity contribution >= 4 is 16.0 Å². The summed E-state index contributed by atoms with van der Waals surface area (Å²) in [7, 11) is -2.42. The van der Waals surface area contributed by atoms with Gasteiger partial charge in [-0.3, -0.25) is 4.79 Å². The standard InChI is InChI=1S/C13H20N2O6S/c1-3-11-6-10(14-21-11)8-22(17,18)15-13(4-5-20-9-13)7-12(16)19-2/h6,15H,3-5,7-9H2,1-2H3. The Bertz CT molecular complexity index is 618. The Balaban J connectivity index is 2.09. The van der Waals surface area contributed by atoms with Crippen molar-refractivity contribution in [2.24, 2.45) is 0 Å². The Hall–Kier alpha value is -1.45. The van der Waals surface area contributed by atoms with Crippen molar-refractivity contribution in [3.63, 3.8) is 0 Å². The zero-order chi connectivity index (χ0) is 16.2. The number of esters is 1. The van der Waals surface area contributed by atoms with Gasteiger partial charge in [0.15, 0.2) is 0 Å². The van der Waals surface area contributed by atoms with E-state index < -0.39 is 21.5 Å². The average molecular weight is 332 g/mol. The predicted molar refractivity (Wildman–Crippen MR) is 76.4 cm³/mol. The van der Waals surface area contributed by atoms with Crippen molar-refractivity contribution < 1.29 is 27.2 Å². The Kier molecular flexibility index (Phi) is 5.20. The summed E-state index contributed by atoms with van der Waals surface area (Å²) < 4.78 is 42.1. The first-order valence-electron chi connectivity index (χ1n) is 6.99. The largest absolute Gasteiger partial charge is 0.469 e. The van der Waals surface area contributed by atoms with Crippen LogP contribution in [0.15, 0.2) is 10.6 Å². The number of rotatable bonds is 7. The zero-order valence-electron chi connectivity index (χ0n) is 12.6. The Morgan fingerprint density at radius 1 is 1.55 bits per heavy atom. The van der Waals surface area contributed by atoms with Crippen LogP contribution >= 0.6 is 0 Å². The fourth-order valence-corrected chi connectivity index (χ4v) is 3.85. The van der Waals surface area contributed by atoms with Crippen molar-refractivity contribution in [3.05, 3.63) is 17.5 Å². The number of nitrogens with zero attached hydrogens (tertiary/aromatic N) is 1. The molecule has 0 saturated carbocycles. The number of hydrogen-bond donors (Lipinski definition) is 1. The molecule has 0 aliphatic carbocycles. The fraction of sp³-hybridized carbons (Fsp3) is 0.692. The van der Waals surface area contributed by atoms with E-state index >= 15 is 0 Å². The summed E-state index contributed by atoms with van der Waals surface area (Å²) in [5.74, 6) is -0.166. The van der Waals surface area contributed by atoms with Gasteiger partial charge in [0, 0.05) is 19.1 Å². The number of carbonyl (C=O) groups excluding carboxylic acids is 1. The third kappa shape index (κ3) is 4.28. The Morgan fingerprint density at radius 3 is 2.86 bits per heavy atom. The van der Waals surface area contributed by atoms with Crippen LogP contribution in [0.25, 0.3) is 0 Å². The highest BCUT2D eigenvalue weighted by Gasteiger charge is 2.41.